The molecule has 0 aromatic rings. The Bertz CT molecular complexity index is 1830. The molecule has 30 heavy (non-hydrogen) atoms. The van der Waals surface area contributed by atoms with Gasteiger partial charge in [0.1, 0.15) is 0 Å². The molecule has 0 aliphatic carbocycles. The van der Waals surface area contributed by atoms with E-state index in [1.54, 1.807) is 106 Å². The summed E-state index contributed by atoms with van der Waals surface area (Å²) in [5.74, 6) is 2.76. The molecule has 0 amide bonds. The van der Waals surface area contributed by atoms with Gasteiger partial charge < -0.3 is 0 Å². The Morgan fingerprint density at radius 3 is 1.13 bits per heavy atom. The molecule has 0 radical (unpaired) electrons. The maximum absolute atomic E-state index is 3.01. The van der Waals surface area contributed by atoms with E-state index in [1.807, 2.05) is 0 Å². The van der Waals surface area contributed by atoms with E-state index in [0.717, 1.165) is 0 Å². The van der Waals surface area contributed by atoms with Crippen LogP contribution < -0.4 is 0 Å². The average molecular weight is 482 g/mol. The Balaban J connectivity index is 1.06. The molecule has 2 spiro atoms. The zero-order valence-electron chi connectivity index (χ0n) is 18.1. The zero-order valence-corrected chi connectivity index (χ0v) is 20.3. The first-order chi connectivity index (χ1) is 14.2. The fourth-order valence-corrected chi connectivity index (χ4v) is 187. The predicted molar refractivity (Wildman–Crippen MR) is 110 cm³/mol. The third kappa shape index (κ3) is 0.113. The van der Waals surface area contributed by atoms with Crippen molar-refractivity contribution in [1.82, 2.24) is 0 Å². The first kappa shape index (κ1) is 11.2. The van der Waals surface area contributed by atoms with Crippen LogP contribution in [0.1, 0.15) is 39.5 Å². The minimum atomic E-state index is -3.01. The quantitative estimate of drug-likeness (QED) is 0.317. The first-order valence-electron chi connectivity index (χ1n) is 14.7. The van der Waals surface area contributed by atoms with Crippen LogP contribution in [-0.4, -0.2) is 0 Å². The van der Waals surface area contributed by atoms with Gasteiger partial charge in [-0.15, -0.1) is 0 Å². The summed E-state index contributed by atoms with van der Waals surface area (Å²) >= 11 is 0. The number of rotatable bonds is 7. The second kappa shape index (κ2) is 0.908. The van der Waals surface area contributed by atoms with Gasteiger partial charge in [0, 0.05) is 0 Å². The summed E-state index contributed by atoms with van der Waals surface area (Å²) in [7, 11) is 0. The Morgan fingerprint density at radius 1 is 0.567 bits per heavy atom. The van der Waals surface area contributed by atoms with Gasteiger partial charge in [-0.1, -0.05) is 0 Å². The summed E-state index contributed by atoms with van der Waals surface area (Å²) < 4.78 is 2.57. The molecular formula is C28H34Fe2. The van der Waals surface area contributed by atoms with Crippen molar-refractivity contribution in [2.45, 2.75) is 135 Å². The van der Waals surface area contributed by atoms with E-state index in [-0.39, 0.29) is 0 Å². The van der Waals surface area contributed by atoms with Gasteiger partial charge in [-0.3, -0.25) is 0 Å². The summed E-state index contributed by atoms with van der Waals surface area (Å²) in [5, 5.41) is 0. The molecule has 162 valence electrons. The summed E-state index contributed by atoms with van der Waals surface area (Å²) in [6.45, 7) is -0.789. The number of hydrogen-bond donors (Lipinski definition) is 0. The van der Waals surface area contributed by atoms with Crippen molar-refractivity contribution in [2.75, 3.05) is 0 Å². The van der Waals surface area contributed by atoms with E-state index in [9.17, 15) is 0 Å². The Hall–Kier alpha value is 1.04. The summed E-state index contributed by atoms with van der Waals surface area (Å²) in [6.07, 6.45) is 6.45. The van der Waals surface area contributed by atoms with E-state index in [2.05, 4.69) is 13.8 Å². The van der Waals surface area contributed by atoms with Crippen LogP contribution in [0.3, 0.4) is 0 Å². The van der Waals surface area contributed by atoms with E-state index < -0.39 is 13.0 Å². The summed E-state index contributed by atoms with van der Waals surface area (Å²) in [6, 6.07) is 0. The molecule has 20 fully saturated rings. The van der Waals surface area contributed by atoms with Crippen molar-refractivity contribution < 1.29 is 13.0 Å². The molecular weight excluding hydrogens is 448 g/mol. The fourth-order valence-electron chi connectivity index (χ4n) is 36.6. The standard InChI is InChI=1S/C18H24.2C5H5.2Fe/c1-3-5-10-15(4-2)18(16-11-6-7-12-16)17-13-8-9-14-17;2*1-2-4-5-3-1;;/h6-9,11-15,18H,3-5,10H2,1-2H3;2*1-5H;;. The Labute approximate surface area is 159 Å². The molecule has 0 N–H and O–H groups in total. The first-order valence-corrected chi connectivity index (χ1v) is 27.2. The van der Waals surface area contributed by atoms with E-state index >= 15 is 0 Å². The molecule has 20 rings (SSSR count). The second-order valence-electron chi connectivity index (χ2n) is 22.3. The van der Waals surface area contributed by atoms with E-state index in [4.69, 9.17) is 0 Å². The summed E-state index contributed by atoms with van der Waals surface area (Å²) in [4.78, 5) is 28.8. The average Bonchev–Trinajstić information content (AvgIpc) is 3.65. The van der Waals surface area contributed by atoms with Crippen LogP contribution in [0.2, 0.25) is 95.3 Å². The number of hydrogen-bond acceptors (Lipinski definition) is 0. The molecule has 20 aliphatic heterocycles. The molecule has 2 heteroatoms. The van der Waals surface area contributed by atoms with Crippen molar-refractivity contribution in [3.05, 3.63) is 0 Å². The van der Waals surface area contributed by atoms with Crippen LogP contribution >= 0.6 is 0 Å². The van der Waals surface area contributed by atoms with Crippen LogP contribution in [0.15, 0.2) is 0 Å². The van der Waals surface area contributed by atoms with Gasteiger partial charge in [-0.05, 0) is 0 Å². The molecule has 0 aromatic carbocycles. The third-order valence-electron chi connectivity index (χ3n) is 32.5. The van der Waals surface area contributed by atoms with Crippen LogP contribution in [0.5, 0.6) is 0 Å². The second-order valence-corrected chi connectivity index (χ2v) is 69.5. The van der Waals surface area contributed by atoms with Crippen LogP contribution in [0, 0.1) is 11.8 Å². The van der Waals surface area contributed by atoms with Gasteiger partial charge >= 0.3 is 160 Å². The molecule has 9 atom stereocenters. The summed E-state index contributed by atoms with van der Waals surface area (Å²) in [5.41, 5.74) is 0. The van der Waals surface area contributed by atoms with E-state index in [0.29, 0.717) is 0 Å². The van der Waals surface area contributed by atoms with Gasteiger partial charge in [0.05, 0.1) is 0 Å². The van der Waals surface area contributed by atoms with Crippen molar-refractivity contribution in [2.24, 2.45) is 11.8 Å². The number of fused-ring (bicyclic) bond motifs is 20. The molecule has 0 bridgehead atoms. The van der Waals surface area contributed by atoms with Crippen LogP contribution in [0.25, 0.3) is 0 Å². The molecule has 0 aromatic heterocycles. The van der Waals surface area contributed by atoms with Gasteiger partial charge in [-0.25, -0.2) is 0 Å². The number of unbranched alkanes of at least 4 members (excludes halogenated alkanes) is 1. The molecule has 20 saturated heterocycles. The van der Waals surface area contributed by atoms with E-state index in [1.165, 1.54) is 26.9 Å². The van der Waals surface area contributed by atoms with Crippen LogP contribution in [0.4, 0.5) is 0 Å². The fraction of sp³-hybridized carbons (Fsp3) is 1.00. The van der Waals surface area contributed by atoms with Crippen molar-refractivity contribution >= 4 is 0 Å². The van der Waals surface area contributed by atoms with Gasteiger partial charge in [0.15, 0.2) is 0 Å². The molecule has 0 nitrogen and oxygen atoms in total. The molecule has 9 unspecified atom stereocenters. The molecule has 0 saturated carbocycles. The van der Waals surface area contributed by atoms with Crippen LogP contribution in [-0.2, 0) is 13.0 Å². The van der Waals surface area contributed by atoms with Crippen molar-refractivity contribution in [3.8, 4) is 0 Å². The SMILES string of the molecule is CCCCC(CC)C([C]12[CH]3[CH]4[CH]5[CH]1[Fe]45321678[CH]2[CH]1[CH]6[CH]7[CH]28)[C]12[CH]3[CH]4[CH]5[CH]1[Fe]45321678[CH]2[CH]1[CH]6[CH]7[CH]28. The minimum absolute atomic E-state index is 1.27. The Morgan fingerprint density at radius 2 is 0.933 bits per heavy atom. The zero-order chi connectivity index (χ0) is 18.0. The molecule has 20 heterocycles. The van der Waals surface area contributed by atoms with Gasteiger partial charge in [-0.2, -0.15) is 0 Å². The topological polar surface area (TPSA) is 0 Å². The molecule has 20 aliphatic rings. The Kier molecular flexibility index (Phi) is 0.338. The van der Waals surface area contributed by atoms with Gasteiger partial charge in [0.2, 0.25) is 0 Å². The predicted octanol–water partition coefficient (Wildman–Crippen LogP) is 9.34. The maximum atomic E-state index is 2.72. The normalized spacial score (nSPS) is 136. The third-order valence-corrected chi connectivity index (χ3v) is 118. The monoisotopic (exact) mass is 482 g/mol. The van der Waals surface area contributed by atoms with Gasteiger partial charge in [0.25, 0.3) is 0 Å². The van der Waals surface area contributed by atoms with Crippen molar-refractivity contribution in [3.63, 3.8) is 0 Å². The van der Waals surface area contributed by atoms with Crippen molar-refractivity contribution in [1.29, 1.82) is 0 Å².